The smallest absolute Gasteiger partial charge is 0.225 e. The second-order valence-electron chi connectivity index (χ2n) is 6.53. The van der Waals surface area contributed by atoms with Crippen LogP contribution in [0.2, 0.25) is 0 Å². The van der Waals surface area contributed by atoms with E-state index < -0.39 is 0 Å². The quantitative estimate of drug-likeness (QED) is 0.849. The van der Waals surface area contributed by atoms with Gasteiger partial charge in [0.05, 0.1) is 5.69 Å². The van der Waals surface area contributed by atoms with E-state index in [1.807, 2.05) is 0 Å². The Balaban J connectivity index is 1.49. The Morgan fingerprint density at radius 2 is 1.82 bits per heavy atom. The molecule has 0 spiro atoms. The van der Waals surface area contributed by atoms with E-state index in [0.717, 1.165) is 18.3 Å². The minimum Gasteiger partial charge on any atom is -0.366 e. The van der Waals surface area contributed by atoms with Crippen molar-refractivity contribution in [2.24, 2.45) is 0 Å². The number of nitrogens with one attached hydrogen (secondary N) is 2. The number of hydrogen-bond acceptors (Lipinski definition) is 4. The van der Waals surface area contributed by atoms with Crippen LogP contribution in [-0.2, 0) is 6.54 Å². The van der Waals surface area contributed by atoms with Crippen molar-refractivity contribution in [3.8, 4) is 0 Å². The monoisotopic (exact) mass is 294 g/mol. The van der Waals surface area contributed by atoms with Crippen molar-refractivity contribution in [2.45, 2.75) is 51.1 Å². The standard InChI is InChI=1S/C18H22N4/c1-12-2-4-13(5-3-12)11-19-17-10-16(14-6-7-14)21-18(22-17)20-15-8-9-15/h2-5,10,14-15H,6-9,11H2,1H3,(H2,19,20,21,22). The van der Waals surface area contributed by atoms with Crippen molar-refractivity contribution < 1.29 is 0 Å². The Morgan fingerprint density at radius 3 is 2.50 bits per heavy atom. The zero-order chi connectivity index (χ0) is 14.9. The summed E-state index contributed by atoms with van der Waals surface area (Å²) in [4.78, 5) is 9.30. The van der Waals surface area contributed by atoms with Gasteiger partial charge in [-0.25, -0.2) is 4.98 Å². The molecule has 0 bridgehead atoms. The fraction of sp³-hybridized carbons (Fsp3) is 0.444. The van der Waals surface area contributed by atoms with Crippen LogP contribution >= 0.6 is 0 Å². The van der Waals surface area contributed by atoms with Gasteiger partial charge >= 0.3 is 0 Å². The van der Waals surface area contributed by atoms with E-state index in [2.05, 4.69) is 57.9 Å². The van der Waals surface area contributed by atoms with Gasteiger partial charge in [-0.05, 0) is 38.2 Å². The van der Waals surface area contributed by atoms with Gasteiger partial charge in [0.25, 0.3) is 0 Å². The summed E-state index contributed by atoms with van der Waals surface area (Å²) in [6, 6.07) is 11.3. The molecule has 4 rings (SSSR count). The third-order valence-corrected chi connectivity index (χ3v) is 4.25. The molecule has 2 aliphatic carbocycles. The normalized spacial score (nSPS) is 17.3. The molecule has 4 nitrogen and oxygen atoms in total. The molecule has 2 aliphatic rings. The third kappa shape index (κ3) is 3.38. The van der Waals surface area contributed by atoms with Crippen molar-refractivity contribution in [1.29, 1.82) is 0 Å². The molecule has 2 saturated carbocycles. The van der Waals surface area contributed by atoms with E-state index in [1.165, 1.54) is 42.5 Å². The second kappa shape index (κ2) is 5.59. The van der Waals surface area contributed by atoms with Crippen molar-refractivity contribution in [3.05, 3.63) is 47.2 Å². The topological polar surface area (TPSA) is 49.8 Å². The van der Waals surface area contributed by atoms with Gasteiger partial charge < -0.3 is 10.6 Å². The van der Waals surface area contributed by atoms with Crippen molar-refractivity contribution in [3.63, 3.8) is 0 Å². The first-order valence-corrected chi connectivity index (χ1v) is 8.21. The fourth-order valence-electron chi connectivity index (χ4n) is 2.52. The lowest BCUT2D eigenvalue weighted by atomic mass is 10.1. The SMILES string of the molecule is Cc1ccc(CNc2cc(C3CC3)nc(NC3CC3)n2)cc1. The Hall–Kier alpha value is -2.10. The van der Waals surface area contributed by atoms with Gasteiger partial charge in [0.15, 0.2) is 0 Å². The van der Waals surface area contributed by atoms with Gasteiger partial charge in [-0.3, -0.25) is 0 Å². The van der Waals surface area contributed by atoms with Crippen LogP contribution in [0.1, 0.15) is 48.4 Å². The van der Waals surface area contributed by atoms with Crippen LogP contribution in [-0.4, -0.2) is 16.0 Å². The molecule has 0 unspecified atom stereocenters. The number of aryl methyl sites for hydroxylation is 1. The molecule has 0 saturated heterocycles. The van der Waals surface area contributed by atoms with E-state index in [-0.39, 0.29) is 0 Å². The molecule has 0 amide bonds. The number of nitrogens with zero attached hydrogens (tertiary/aromatic N) is 2. The Morgan fingerprint density at radius 1 is 1.05 bits per heavy atom. The molecule has 2 aromatic rings. The average Bonchev–Trinajstić information content (AvgIpc) is 3.40. The van der Waals surface area contributed by atoms with Gasteiger partial charge in [-0.2, -0.15) is 4.98 Å². The van der Waals surface area contributed by atoms with E-state index in [1.54, 1.807) is 0 Å². The first kappa shape index (κ1) is 13.6. The third-order valence-electron chi connectivity index (χ3n) is 4.25. The van der Waals surface area contributed by atoms with Crippen molar-refractivity contribution in [2.75, 3.05) is 10.6 Å². The molecule has 22 heavy (non-hydrogen) atoms. The summed E-state index contributed by atoms with van der Waals surface area (Å²) in [5, 5.41) is 6.87. The number of rotatable bonds is 6. The molecule has 1 aromatic carbocycles. The van der Waals surface area contributed by atoms with Crippen LogP contribution < -0.4 is 10.6 Å². The highest BCUT2D eigenvalue weighted by Crippen LogP contribution is 2.40. The highest BCUT2D eigenvalue weighted by Gasteiger charge is 2.27. The van der Waals surface area contributed by atoms with Crippen LogP contribution in [0.15, 0.2) is 30.3 Å². The Kier molecular flexibility index (Phi) is 3.45. The predicted octanol–water partition coefficient (Wildman–Crippen LogP) is 3.85. The lowest BCUT2D eigenvalue weighted by molar-refractivity contribution is 0.958. The summed E-state index contributed by atoms with van der Waals surface area (Å²) in [6.45, 7) is 2.91. The molecule has 0 aliphatic heterocycles. The minimum absolute atomic E-state index is 0.583. The van der Waals surface area contributed by atoms with Crippen LogP contribution in [0.5, 0.6) is 0 Å². The van der Waals surface area contributed by atoms with Gasteiger partial charge in [0, 0.05) is 24.6 Å². The fourth-order valence-corrected chi connectivity index (χ4v) is 2.52. The summed E-state index contributed by atoms with van der Waals surface area (Å²) in [7, 11) is 0. The van der Waals surface area contributed by atoms with Gasteiger partial charge in [0.2, 0.25) is 5.95 Å². The second-order valence-corrected chi connectivity index (χ2v) is 6.53. The highest BCUT2D eigenvalue weighted by atomic mass is 15.2. The van der Waals surface area contributed by atoms with Gasteiger partial charge in [-0.1, -0.05) is 29.8 Å². The minimum atomic E-state index is 0.583. The van der Waals surface area contributed by atoms with E-state index >= 15 is 0 Å². The highest BCUT2D eigenvalue weighted by molar-refractivity contribution is 5.45. The van der Waals surface area contributed by atoms with Crippen LogP contribution in [0.3, 0.4) is 0 Å². The van der Waals surface area contributed by atoms with Gasteiger partial charge in [0.1, 0.15) is 5.82 Å². The summed E-state index contributed by atoms with van der Waals surface area (Å²) >= 11 is 0. The zero-order valence-electron chi connectivity index (χ0n) is 13.0. The number of anilines is 2. The number of hydrogen-bond donors (Lipinski definition) is 2. The van der Waals surface area contributed by atoms with Crippen molar-refractivity contribution in [1.82, 2.24) is 9.97 Å². The maximum absolute atomic E-state index is 4.68. The summed E-state index contributed by atoms with van der Waals surface area (Å²) in [5.74, 6) is 2.36. The van der Waals surface area contributed by atoms with E-state index in [4.69, 9.17) is 0 Å². The first-order valence-electron chi connectivity index (χ1n) is 8.21. The molecular formula is C18H22N4. The lowest BCUT2D eigenvalue weighted by Gasteiger charge is -2.11. The van der Waals surface area contributed by atoms with Crippen LogP contribution in [0.4, 0.5) is 11.8 Å². The average molecular weight is 294 g/mol. The molecular weight excluding hydrogens is 272 g/mol. The summed E-state index contributed by atoms with van der Waals surface area (Å²) in [5.41, 5.74) is 3.75. The van der Waals surface area contributed by atoms with Crippen LogP contribution in [0, 0.1) is 6.92 Å². The molecule has 0 atom stereocenters. The molecule has 1 heterocycles. The number of benzene rings is 1. The van der Waals surface area contributed by atoms with Gasteiger partial charge in [-0.15, -0.1) is 0 Å². The van der Waals surface area contributed by atoms with E-state index in [9.17, 15) is 0 Å². The molecule has 114 valence electrons. The molecule has 4 heteroatoms. The Labute approximate surface area is 131 Å². The Bertz CT molecular complexity index is 657. The largest absolute Gasteiger partial charge is 0.366 e. The maximum atomic E-state index is 4.68. The van der Waals surface area contributed by atoms with Crippen molar-refractivity contribution >= 4 is 11.8 Å². The number of aromatic nitrogens is 2. The summed E-state index contributed by atoms with van der Waals surface area (Å²) in [6.07, 6.45) is 5.00. The van der Waals surface area contributed by atoms with Crippen LogP contribution in [0.25, 0.3) is 0 Å². The lowest BCUT2D eigenvalue weighted by Crippen LogP contribution is -2.10. The summed E-state index contributed by atoms with van der Waals surface area (Å²) < 4.78 is 0. The molecule has 2 fully saturated rings. The molecule has 1 aromatic heterocycles. The maximum Gasteiger partial charge on any atom is 0.225 e. The zero-order valence-corrected chi connectivity index (χ0v) is 13.0. The predicted molar refractivity (Wildman–Crippen MR) is 89.2 cm³/mol. The van der Waals surface area contributed by atoms with E-state index in [0.29, 0.717) is 12.0 Å². The molecule has 2 N–H and O–H groups in total. The molecule has 0 radical (unpaired) electrons. The first-order chi connectivity index (χ1) is 10.8.